The Morgan fingerprint density at radius 3 is 2.71 bits per heavy atom. The molecule has 0 fully saturated rings. The van der Waals surface area contributed by atoms with Gasteiger partial charge in [-0.05, 0) is 18.2 Å². The lowest BCUT2D eigenvalue weighted by molar-refractivity contribution is 0.0696. The van der Waals surface area contributed by atoms with Crippen LogP contribution in [0, 0.1) is 0 Å². The maximum Gasteiger partial charge on any atom is 0.337 e. The maximum atomic E-state index is 11.0. The molecule has 0 spiro atoms. The molecule has 0 aliphatic carbocycles. The summed E-state index contributed by atoms with van der Waals surface area (Å²) < 4.78 is 5.59. The molecule has 1 N–H and O–H groups in total. The third kappa shape index (κ3) is 3.95. The van der Waals surface area contributed by atoms with Gasteiger partial charge in [0.2, 0.25) is 0 Å². The zero-order valence-corrected chi connectivity index (χ0v) is 13.6. The second kappa shape index (κ2) is 6.03. The molecule has 112 valence electrons. The summed E-state index contributed by atoms with van der Waals surface area (Å²) in [7, 11) is 0. The van der Waals surface area contributed by atoms with Gasteiger partial charge in [0.05, 0.1) is 21.3 Å². The smallest absolute Gasteiger partial charge is 0.337 e. The van der Waals surface area contributed by atoms with Crippen LogP contribution in [0.25, 0.3) is 0 Å². The number of ether oxygens (including phenoxy) is 1. The molecular formula is C15H16ClNO3S. The largest absolute Gasteiger partial charge is 0.487 e. The molecule has 0 bridgehead atoms. The summed E-state index contributed by atoms with van der Waals surface area (Å²) in [5.74, 6) is -0.615. The molecule has 1 heterocycles. The highest BCUT2D eigenvalue weighted by Crippen LogP contribution is 2.27. The van der Waals surface area contributed by atoms with Crippen molar-refractivity contribution in [1.29, 1.82) is 0 Å². The SMILES string of the molecule is CC(C)(C)c1nc(COc2ccc(Cl)c(C(=O)O)c2)cs1. The summed E-state index contributed by atoms with van der Waals surface area (Å²) >= 11 is 7.41. The number of carboxylic acids is 1. The third-order valence-electron chi connectivity index (χ3n) is 2.75. The average Bonchev–Trinajstić information content (AvgIpc) is 2.86. The molecule has 1 aromatic carbocycles. The van der Waals surface area contributed by atoms with Gasteiger partial charge < -0.3 is 9.84 Å². The van der Waals surface area contributed by atoms with E-state index in [4.69, 9.17) is 21.4 Å². The standard InChI is InChI=1S/C15H16ClNO3S/c1-15(2,3)14-17-9(8-21-14)7-20-10-4-5-12(16)11(6-10)13(18)19/h4-6,8H,7H2,1-3H3,(H,18,19). The number of carbonyl (C=O) groups is 1. The first-order valence-electron chi connectivity index (χ1n) is 6.38. The van der Waals surface area contributed by atoms with E-state index in [2.05, 4.69) is 25.8 Å². The topological polar surface area (TPSA) is 59.4 Å². The lowest BCUT2D eigenvalue weighted by atomic mass is 9.98. The summed E-state index contributed by atoms with van der Waals surface area (Å²) in [6.07, 6.45) is 0. The fraction of sp³-hybridized carbons (Fsp3) is 0.333. The number of hydrogen-bond donors (Lipinski definition) is 1. The first kappa shape index (κ1) is 15.8. The van der Waals surface area contributed by atoms with E-state index in [1.807, 2.05) is 5.38 Å². The predicted octanol–water partition coefficient (Wildman–Crippen LogP) is 4.37. The highest BCUT2D eigenvalue weighted by molar-refractivity contribution is 7.09. The lowest BCUT2D eigenvalue weighted by Crippen LogP contribution is -2.10. The van der Waals surface area contributed by atoms with Gasteiger partial charge in [-0.1, -0.05) is 32.4 Å². The molecule has 0 aliphatic heterocycles. The Kier molecular flexibility index (Phi) is 4.54. The fourth-order valence-electron chi connectivity index (χ4n) is 1.63. The summed E-state index contributed by atoms with van der Waals surface area (Å²) in [4.78, 5) is 15.5. The van der Waals surface area contributed by atoms with Gasteiger partial charge in [0.1, 0.15) is 12.4 Å². The summed E-state index contributed by atoms with van der Waals surface area (Å²) in [6.45, 7) is 6.62. The van der Waals surface area contributed by atoms with E-state index in [1.165, 1.54) is 12.1 Å². The Bertz CT molecular complexity index is 661. The fourth-order valence-corrected chi connectivity index (χ4v) is 2.72. The van der Waals surface area contributed by atoms with Crippen LogP contribution in [0.1, 0.15) is 41.8 Å². The molecular weight excluding hydrogens is 310 g/mol. The van der Waals surface area contributed by atoms with E-state index in [0.29, 0.717) is 12.4 Å². The van der Waals surface area contributed by atoms with Crippen molar-refractivity contribution in [3.8, 4) is 5.75 Å². The molecule has 1 aromatic heterocycles. The van der Waals surface area contributed by atoms with Crippen LogP contribution in [0.2, 0.25) is 5.02 Å². The second-order valence-electron chi connectivity index (χ2n) is 5.63. The summed E-state index contributed by atoms with van der Waals surface area (Å²) in [5.41, 5.74) is 0.874. The first-order chi connectivity index (χ1) is 9.77. The van der Waals surface area contributed by atoms with E-state index in [0.717, 1.165) is 10.7 Å². The maximum absolute atomic E-state index is 11.0. The highest BCUT2D eigenvalue weighted by atomic mass is 35.5. The Morgan fingerprint density at radius 2 is 2.14 bits per heavy atom. The number of rotatable bonds is 4. The van der Waals surface area contributed by atoms with Crippen molar-refractivity contribution in [2.45, 2.75) is 32.8 Å². The minimum absolute atomic E-state index is 0.0136. The summed E-state index contributed by atoms with van der Waals surface area (Å²) in [6, 6.07) is 4.58. The van der Waals surface area contributed by atoms with Gasteiger partial charge in [-0.25, -0.2) is 9.78 Å². The number of carboxylic acid groups (broad SMARTS) is 1. The molecule has 0 saturated carbocycles. The average molecular weight is 326 g/mol. The van der Waals surface area contributed by atoms with Crippen LogP contribution in [0.3, 0.4) is 0 Å². The molecule has 0 radical (unpaired) electrons. The van der Waals surface area contributed by atoms with E-state index in [-0.39, 0.29) is 16.0 Å². The van der Waals surface area contributed by atoms with Crippen LogP contribution in [-0.2, 0) is 12.0 Å². The number of hydrogen-bond acceptors (Lipinski definition) is 4. The Labute approximate surface area is 132 Å². The van der Waals surface area contributed by atoms with E-state index >= 15 is 0 Å². The number of aromatic carboxylic acids is 1. The molecule has 21 heavy (non-hydrogen) atoms. The van der Waals surface area contributed by atoms with Gasteiger partial charge in [0.15, 0.2) is 0 Å². The minimum Gasteiger partial charge on any atom is -0.487 e. The van der Waals surface area contributed by atoms with E-state index in [9.17, 15) is 4.79 Å². The monoisotopic (exact) mass is 325 g/mol. The highest BCUT2D eigenvalue weighted by Gasteiger charge is 2.18. The van der Waals surface area contributed by atoms with Gasteiger partial charge in [0, 0.05) is 10.8 Å². The molecule has 0 amide bonds. The molecule has 2 rings (SSSR count). The van der Waals surface area contributed by atoms with E-state index in [1.54, 1.807) is 17.4 Å². The number of benzene rings is 1. The minimum atomic E-state index is -1.07. The first-order valence-corrected chi connectivity index (χ1v) is 7.63. The zero-order chi connectivity index (χ0) is 15.6. The molecule has 0 unspecified atom stereocenters. The van der Waals surface area contributed by atoms with Crippen molar-refractivity contribution in [3.05, 3.63) is 44.9 Å². The van der Waals surface area contributed by atoms with Gasteiger partial charge >= 0.3 is 5.97 Å². The van der Waals surface area contributed by atoms with Crippen LogP contribution in [-0.4, -0.2) is 16.1 Å². The van der Waals surface area contributed by atoms with Crippen molar-refractivity contribution in [2.24, 2.45) is 0 Å². The normalized spacial score (nSPS) is 11.4. The number of halogens is 1. The zero-order valence-electron chi connectivity index (χ0n) is 12.0. The molecule has 0 aliphatic rings. The predicted molar refractivity (Wildman–Crippen MR) is 83.6 cm³/mol. The Morgan fingerprint density at radius 1 is 1.43 bits per heavy atom. The third-order valence-corrected chi connectivity index (χ3v) is 4.39. The van der Waals surface area contributed by atoms with Crippen LogP contribution in [0.4, 0.5) is 0 Å². The second-order valence-corrected chi connectivity index (χ2v) is 6.89. The van der Waals surface area contributed by atoms with Crippen molar-refractivity contribution < 1.29 is 14.6 Å². The molecule has 0 saturated heterocycles. The molecule has 2 aromatic rings. The molecule has 0 atom stereocenters. The van der Waals surface area contributed by atoms with Crippen LogP contribution in [0.5, 0.6) is 5.75 Å². The van der Waals surface area contributed by atoms with Crippen molar-refractivity contribution in [1.82, 2.24) is 4.98 Å². The Balaban J connectivity index is 2.08. The molecule has 6 heteroatoms. The van der Waals surface area contributed by atoms with Crippen molar-refractivity contribution in [2.75, 3.05) is 0 Å². The number of thiazole rings is 1. The molecule has 4 nitrogen and oxygen atoms in total. The van der Waals surface area contributed by atoms with Crippen LogP contribution in [0.15, 0.2) is 23.6 Å². The van der Waals surface area contributed by atoms with Gasteiger partial charge in [-0.3, -0.25) is 0 Å². The van der Waals surface area contributed by atoms with Gasteiger partial charge in [-0.2, -0.15) is 0 Å². The van der Waals surface area contributed by atoms with E-state index < -0.39 is 5.97 Å². The quantitative estimate of drug-likeness (QED) is 0.906. The number of nitrogens with zero attached hydrogens (tertiary/aromatic N) is 1. The van der Waals surface area contributed by atoms with Crippen LogP contribution >= 0.6 is 22.9 Å². The Hall–Kier alpha value is -1.59. The number of aromatic nitrogens is 1. The van der Waals surface area contributed by atoms with Crippen molar-refractivity contribution >= 4 is 28.9 Å². The lowest BCUT2D eigenvalue weighted by Gasteiger charge is -2.13. The van der Waals surface area contributed by atoms with Crippen molar-refractivity contribution in [3.63, 3.8) is 0 Å². The van der Waals surface area contributed by atoms with Gasteiger partial charge in [0.25, 0.3) is 0 Å². The summed E-state index contributed by atoms with van der Waals surface area (Å²) in [5, 5.41) is 12.2. The van der Waals surface area contributed by atoms with Crippen LogP contribution < -0.4 is 4.74 Å². The van der Waals surface area contributed by atoms with Gasteiger partial charge in [-0.15, -0.1) is 11.3 Å².